The van der Waals surface area contributed by atoms with Gasteiger partial charge in [0, 0.05) is 12.1 Å². The van der Waals surface area contributed by atoms with Gasteiger partial charge in [0.1, 0.15) is 5.82 Å². The number of hydrogen-bond acceptors (Lipinski definition) is 5. The van der Waals surface area contributed by atoms with E-state index in [9.17, 15) is 9.18 Å². The Morgan fingerprint density at radius 3 is 2.45 bits per heavy atom. The van der Waals surface area contributed by atoms with Crippen LogP contribution in [0.2, 0.25) is 0 Å². The fourth-order valence-corrected chi connectivity index (χ4v) is 3.50. The minimum absolute atomic E-state index is 0.249. The van der Waals surface area contributed by atoms with Crippen molar-refractivity contribution < 1.29 is 23.1 Å². The van der Waals surface area contributed by atoms with Gasteiger partial charge in [-0.15, -0.1) is 0 Å². The Morgan fingerprint density at radius 1 is 0.970 bits per heavy atom. The molecule has 168 valence electrons. The average molecular weight is 446 g/mol. The molecule has 0 saturated heterocycles. The second-order valence-corrected chi connectivity index (χ2v) is 7.25. The van der Waals surface area contributed by atoms with Crippen LogP contribution >= 0.6 is 0 Å². The molecule has 3 aromatic carbocycles. The van der Waals surface area contributed by atoms with E-state index in [1.54, 1.807) is 56.7 Å². The molecule has 0 atom stereocenters. The number of benzene rings is 3. The number of oxazole rings is 1. The van der Waals surface area contributed by atoms with Gasteiger partial charge in [-0.05, 0) is 48.4 Å². The Bertz CT molecular complexity index is 1270. The van der Waals surface area contributed by atoms with Gasteiger partial charge in [-0.2, -0.15) is 0 Å². The summed E-state index contributed by atoms with van der Waals surface area (Å²) in [6.45, 7) is 0.425. The lowest BCUT2D eigenvalue weighted by atomic mass is 10.1. The summed E-state index contributed by atoms with van der Waals surface area (Å²) in [5.41, 5.74) is 2.27. The maximum atomic E-state index is 14.1. The normalized spacial score (nSPS) is 10.6. The maximum Gasteiger partial charge on any atom is 0.252 e. The van der Waals surface area contributed by atoms with Crippen molar-refractivity contribution in [1.29, 1.82) is 0 Å². The van der Waals surface area contributed by atoms with E-state index < -0.39 is 5.82 Å². The SMILES string of the molecule is COc1ccc(CCNC(=O)c2ccccc2-c2ncc(-c3ccccc3F)o2)cc1OC. The first kappa shape index (κ1) is 22.1. The Balaban J connectivity index is 1.48. The molecule has 0 bridgehead atoms. The molecule has 0 aliphatic heterocycles. The predicted molar refractivity (Wildman–Crippen MR) is 123 cm³/mol. The highest BCUT2D eigenvalue weighted by Gasteiger charge is 2.18. The van der Waals surface area contributed by atoms with Gasteiger partial charge in [0.05, 0.1) is 31.5 Å². The van der Waals surface area contributed by atoms with Crippen LogP contribution in [0, 0.1) is 5.82 Å². The lowest BCUT2D eigenvalue weighted by Gasteiger charge is -2.11. The number of carbonyl (C=O) groups is 1. The molecule has 1 N–H and O–H groups in total. The van der Waals surface area contributed by atoms with Crippen molar-refractivity contribution in [3.63, 3.8) is 0 Å². The Labute approximate surface area is 191 Å². The molecule has 1 amide bonds. The summed E-state index contributed by atoms with van der Waals surface area (Å²) in [4.78, 5) is 17.2. The van der Waals surface area contributed by atoms with Gasteiger partial charge < -0.3 is 19.2 Å². The fraction of sp³-hybridized carbons (Fsp3) is 0.154. The van der Waals surface area contributed by atoms with Crippen LogP contribution in [0.25, 0.3) is 22.8 Å². The summed E-state index contributed by atoms with van der Waals surface area (Å²) in [5, 5.41) is 2.93. The third-order valence-corrected chi connectivity index (χ3v) is 5.19. The molecule has 0 radical (unpaired) electrons. The van der Waals surface area contributed by atoms with E-state index >= 15 is 0 Å². The first-order valence-corrected chi connectivity index (χ1v) is 10.4. The van der Waals surface area contributed by atoms with Crippen molar-refractivity contribution in [2.75, 3.05) is 20.8 Å². The van der Waals surface area contributed by atoms with Gasteiger partial charge >= 0.3 is 0 Å². The molecule has 0 aliphatic carbocycles. The molecule has 33 heavy (non-hydrogen) atoms. The number of amides is 1. The van der Waals surface area contributed by atoms with Crippen molar-refractivity contribution in [2.24, 2.45) is 0 Å². The molecule has 0 spiro atoms. The van der Waals surface area contributed by atoms with E-state index in [4.69, 9.17) is 13.9 Å². The lowest BCUT2D eigenvalue weighted by molar-refractivity contribution is 0.0954. The molecule has 6 nitrogen and oxygen atoms in total. The maximum absolute atomic E-state index is 14.1. The van der Waals surface area contributed by atoms with Crippen LogP contribution in [0.3, 0.4) is 0 Å². The summed E-state index contributed by atoms with van der Waals surface area (Å²) in [6.07, 6.45) is 2.07. The van der Waals surface area contributed by atoms with E-state index in [0.717, 1.165) is 5.56 Å². The summed E-state index contributed by atoms with van der Waals surface area (Å²) < 4.78 is 30.5. The van der Waals surface area contributed by atoms with Crippen LogP contribution in [0.1, 0.15) is 15.9 Å². The quantitative estimate of drug-likeness (QED) is 0.406. The number of ether oxygens (including phenoxy) is 2. The highest BCUT2D eigenvalue weighted by molar-refractivity contribution is 6.00. The summed E-state index contributed by atoms with van der Waals surface area (Å²) in [6, 6.07) is 19.0. The van der Waals surface area contributed by atoms with Crippen molar-refractivity contribution in [3.05, 3.63) is 89.9 Å². The van der Waals surface area contributed by atoms with Crippen LogP contribution < -0.4 is 14.8 Å². The molecule has 7 heteroatoms. The van der Waals surface area contributed by atoms with Gasteiger partial charge in [0.25, 0.3) is 5.91 Å². The lowest BCUT2D eigenvalue weighted by Crippen LogP contribution is -2.26. The molecular formula is C26H23FN2O4. The number of halogens is 1. The van der Waals surface area contributed by atoms with Gasteiger partial charge in [-0.25, -0.2) is 9.37 Å². The van der Waals surface area contributed by atoms with E-state index in [-0.39, 0.29) is 11.8 Å². The predicted octanol–water partition coefficient (Wildman–Crippen LogP) is 5.14. The van der Waals surface area contributed by atoms with Crippen molar-refractivity contribution in [3.8, 4) is 34.3 Å². The summed E-state index contributed by atoms with van der Waals surface area (Å²) >= 11 is 0. The van der Waals surface area contributed by atoms with Gasteiger partial charge in [-0.3, -0.25) is 4.79 Å². The average Bonchev–Trinajstić information content (AvgIpc) is 3.34. The van der Waals surface area contributed by atoms with Crippen molar-refractivity contribution in [2.45, 2.75) is 6.42 Å². The number of hydrogen-bond donors (Lipinski definition) is 1. The highest BCUT2D eigenvalue weighted by Crippen LogP contribution is 2.30. The van der Waals surface area contributed by atoms with Crippen LogP contribution in [-0.2, 0) is 6.42 Å². The fourth-order valence-electron chi connectivity index (χ4n) is 3.50. The zero-order chi connectivity index (χ0) is 23.2. The number of nitrogens with zero attached hydrogens (tertiary/aromatic N) is 1. The third kappa shape index (κ3) is 4.87. The van der Waals surface area contributed by atoms with Crippen LogP contribution in [0.4, 0.5) is 4.39 Å². The monoisotopic (exact) mass is 446 g/mol. The molecule has 1 aromatic heterocycles. The number of carbonyl (C=O) groups excluding carboxylic acids is 1. The Hall–Kier alpha value is -4.13. The molecule has 0 fully saturated rings. The highest BCUT2D eigenvalue weighted by atomic mass is 19.1. The molecule has 4 rings (SSSR count). The van der Waals surface area contributed by atoms with Crippen LogP contribution in [0.5, 0.6) is 11.5 Å². The van der Waals surface area contributed by atoms with Gasteiger partial charge in [0.15, 0.2) is 17.3 Å². The molecular weight excluding hydrogens is 423 g/mol. The van der Waals surface area contributed by atoms with Crippen molar-refractivity contribution >= 4 is 5.91 Å². The van der Waals surface area contributed by atoms with E-state index in [1.807, 2.05) is 18.2 Å². The Morgan fingerprint density at radius 2 is 1.70 bits per heavy atom. The zero-order valence-electron chi connectivity index (χ0n) is 18.3. The van der Waals surface area contributed by atoms with Crippen molar-refractivity contribution in [1.82, 2.24) is 10.3 Å². The van der Waals surface area contributed by atoms with Crippen LogP contribution in [0.15, 0.2) is 77.3 Å². The second-order valence-electron chi connectivity index (χ2n) is 7.25. The topological polar surface area (TPSA) is 73.6 Å². The van der Waals surface area contributed by atoms with Gasteiger partial charge in [-0.1, -0.05) is 30.3 Å². The van der Waals surface area contributed by atoms with Gasteiger partial charge in [0.2, 0.25) is 5.89 Å². The number of rotatable bonds is 8. The second kappa shape index (κ2) is 9.99. The van der Waals surface area contributed by atoms with E-state index in [1.165, 1.54) is 12.3 Å². The minimum Gasteiger partial charge on any atom is -0.493 e. The Kier molecular flexibility index (Phi) is 6.69. The minimum atomic E-state index is -0.401. The molecule has 0 aliphatic rings. The zero-order valence-corrected chi connectivity index (χ0v) is 18.3. The summed E-state index contributed by atoms with van der Waals surface area (Å²) in [7, 11) is 3.17. The molecule has 0 unspecified atom stereocenters. The number of aromatic nitrogens is 1. The molecule has 4 aromatic rings. The first-order valence-electron chi connectivity index (χ1n) is 10.4. The third-order valence-electron chi connectivity index (χ3n) is 5.19. The number of methoxy groups -OCH3 is 2. The largest absolute Gasteiger partial charge is 0.493 e. The van der Waals surface area contributed by atoms with E-state index in [0.29, 0.717) is 46.9 Å². The smallest absolute Gasteiger partial charge is 0.252 e. The molecule has 1 heterocycles. The summed E-state index contributed by atoms with van der Waals surface area (Å²) in [5.74, 6) is 1.19. The number of nitrogens with one attached hydrogen (secondary N) is 1. The standard InChI is InChI=1S/C26H23FN2O4/c1-31-22-12-11-17(15-23(22)32-2)13-14-28-25(30)18-7-3-4-8-19(18)26-29-16-24(33-26)20-9-5-6-10-21(20)27/h3-12,15-16H,13-14H2,1-2H3,(H,28,30). The van der Waals surface area contributed by atoms with Crippen LogP contribution in [-0.4, -0.2) is 31.7 Å². The van der Waals surface area contributed by atoms with E-state index in [2.05, 4.69) is 10.3 Å². The first-order chi connectivity index (χ1) is 16.1. The molecule has 0 saturated carbocycles.